The van der Waals surface area contributed by atoms with Crippen LogP contribution >= 0.6 is 0 Å². The van der Waals surface area contributed by atoms with E-state index in [9.17, 15) is 8.42 Å². The number of hydrogen-bond acceptors (Lipinski definition) is 3. The standard InChI is InChI=1S/C17H23N3O2S/c1-13(16-9-10-16)20(11-15-7-5-4-6-8-15)23(21,22)17-12-19(3)14(2)18-17/h4-8,12-13,16H,9-11H2,1-3H3/t13-/m1/s1. The lowest BCUT2D eigenvalue weighted by Crippen LogP contribution is -2.39. The molecule has 2 aromatic rings. The molecule has 1 aliphatic carbocycles. The number of imidazole rings is 1. The summed E-state index contributed by atoms with van der Waals surface area (Å²) < 4.78 is 29.6. The van der Waals surface area contributed by atoms with Gasteiger partial charge in [0.2, 0.25) is 0 Å². The van der Waals surface area contributed by atoms with Crippen molar-refractivity contribution in [1.29, 1.82) is 0 Å². The number of aryl methyl sites for hydroxylation is 2. The molecule has 0 bridgehead atoms. The molecule has 6 heteroatoms. The van der Waals surface area contributed by atoms with Gasteiger partial charge in [-0.05, 0) is 38.2 Å². The third-order valence-electron chi connectivity index (χ3n) is 4.60. The Morgan fingerprint density at radius 1 is 1.30 bits per heavy atom. The van der Waals surface area contributed by atoms with Crippen molar-refractivity contribution >= 4 is 10.0 Å². The van der Waals surface area contributed by atoms with Gasteiger partial charge in [0.25, 0.3) is 10.0 Å². The van der Waals surface area contributed by atoms with E-state index in [-0.39, 0.29) is 11.1 Å². The second-order valence-electron chi connectivity index (χ2n) is 6.35. The summed E-state index contributed by atoms with van der Waals surface area (Å²) in [5.74, 6) is 1.15. The molecular weight excluding hydrogens is 310 g/mol. The summed E-state index contributed by atoms with van der Waals surface area (Å²) in [7, 11) is -1.79. The molecule has 1 aromatic carbocycles. The van der Waals surface area contributed by atoms with Gasteiger partial charge >= 0.3 is 0 Å². The van der Waals surface area contributed by atoms with Crippen LogP contribution in [0.15, 0.2) is 41.6 Å². The summed E-state index contributed by atoms with van der Waals surface area (Å²) in [6, 6.07) is 9.73. The first kappa shape index (κ1) is 16.2. The quantitative estimate of drug-likeness (QED) is 0.817. The molecule has 0 N–H and O–H groups in total. The summed E-state index contributed by atoms with van der Waals surface area (Å²) in [6.45, 7) is 4.20. The van der Waals surface area contributed by atoms with E-state index < -0.39 is 10.0 Å². The van der Waals surface area contributed by atoms with Crippen LogP contribution in [0, 0.1) is 12.8 Å². The van der Waals surface area contributed by atoms with Gasteiger partial charge in [0.15, 0.2) is 5.03 Å². The molecule has 0 saturated heterocycles. The molecule has 1 aromatic heterocycles. The van der Waals surface area contributed by atoms with E-state index in [0.717, 1.165) is 18.4 Å². The van der Waals surface area contributed by atoms with Gasteiger partial charge < -0.3 is 4.57 Å². The average molecular weight is 333 g/mol. The molecule has 1 fully saturated rings. The van der Waals surface area contributed by atoms with Crippen molar-refractivity contribution in [1.82, 2.24) is 13.9 Å². The van der Waals surface area contributed by atoms with Crippen molar-refractivity contribution in [2.24, 2.45) is 13.0 Å². The Labute approximate surface area is 138 Å². The first-order valence-electron chi connectivity index (χ1n) is 7.95. The van der Waals surface area contributed by atoms with Gasteiger partial charge in [-0.15, -0.1) is 0 Å². The van der Waals surface area contributed by atoms with Crippen LogP contribution in [0.4, 0.5) is 0 Å². The van der Waals surface area contributed by atoms with Gasteiger partial charge in [-0.2, -0.15) is 4.31 Å². The molecule has 124 valence electrons. The molecule has 0 spiro atoms. The normalized spacial score (nSPS) is 16.7. The molecule has 1 heterocycles. The van der Waals surface area contributed by atoms with Crippen LogP contribution in [-0.4, -0.2) is 28.3 Å². The number of hydrogen-bond donors (Lipinski definition) is 0. The fraction of sp³-hybridized carbons (Fsp3) is 0.471. The summed E-state index contributed by atoms with van der Waals surface area (Å²) in [4.78, 5) is 4.24. The third-order valence-corrected chi connectivity index (χ3v) is 6.40. The van der Waals surface area contributed by atoms with Crippen LogP contribution in [0.25, 0.3) is 0 Å². The zero-order chi connectivity index (χ0) is 16.6. The smallest absolute Gasteiger partial charge is 0.262 e. The van der Waals surface area contributed by atoms with Crippen LogP contribution in [0.3, 0.4) is 0 Å². The second-order valence-corrected chi connectivity index (χ2v) is 8.19. The van der Waals surface area contributed by atoms with Gasteiger partial charge in [-0.1, -0.05) is 30.3 Å². The van der Waals surface area contributed by atoms with Crippen molar-refractivity contribution in [2.45, 2.75) is 44.3 Å². The number of aromatic nitrogens is 2. The predicted octanol–water partition coefficient (Wildman–Crippen LogP) is 2.72. The Hall–Kier alpha value is -1.66. The zero-order valence-corrected chi connectivity index (χ0v) is 14.6. The lowest BCUT2D eigenvalue weighted by atomic mass is 10.2. The molecule has 1 atom stereocenters. The lowest BCUT2D eigenvalue weighted by molar-refractivity contribution is 0.302. The summed E-state index contributed by atoms with van der Waals surface area (Å²) >= 11 is 0. The molecule has 3 rings (SSSR count). The average Bonchev–Trinajstić information content (AvgIpc) is 3.31. The molecule has 0 radical (unpaired) electrons. The highest BCUT2D eigenvalue weighted by atomic mass is 32.2. The van der Waals surface area contributed by atoms with Crippen LogP contribution in [-0.2, 0) is 23.6 Å². The Morgan fingerprint density at radius 2 is 1.96 bits per heavy atom. The first-order chi connectivity index (χ1) is 10.9. The largest absolute Gasteiger partial charge is 0.337 e. The molecule has 0 amide bonds. The Kier molecular flexibility index (Phi) is 4.29. The number of rotatable bonds is 6. The molecule has 0 aliphatic heterocycles. The lowest BCUT2D eigenvalue weighted by Gasteiger charge is -2.27. The van der Waals surface area contributed by atoms with Gasteiger partial charge in [0, 0.05) is 25.8 Å². The van der Waals surface area contributed by atoms with E-state index in [1.807, 2.05) is 51.2 Å². The van der Waals surface area contributed by atoms with E-state index >= 15 is 0 Å². The van der Waals surface area contributed by atoms with E-state index in [4.69, 9.17) is 0 Å². The van der Waals surface area contributed by atoms with Crippen LogP contribution in [0.5, 0.6) is 0 Å². The van der Waals surface area contributed by atoms with Crippen molar-refractivity contribution in [3.63, 3.8) is 0 Å². The number of benzene rings is 1. The molecule has 23 heavy (non-hydrogen) atoms. The fourth-order valence-corrected chi connectivity index (χ4v) is 4.50. The van der Waals surface area contributed by atoms with E-state index in [2.05, 4.69) is 4.98 Å². The molecule has 5 nitrogen and oxygen atoms in total. The SMILES string of the molecule is Cc1nc(S(=O)(=O)N(Cc2ccccc2)[C@H](C)C2CC2)cn1C. The highest BCUT2D eigenvalue weighted by molar-refractivity contribution is 7.89. The minimum Gasteiger partial charge on any atom is -0.337 e. The predicted molar refractivity (Wildman–Crippen MR) is 89.3 cm³/mol. The highest BCUT2D eigenvalue weighted by Crippen LogP contribution is 2.37. The maximum atomic E-state index is 13.1. The number of nitrogens with zero attached hydrogens (tertiary/aromatic N) is 3. The number of sulfonamides is 1. The summed E-state index contributed by atoms with van der Waals surface area (Å²) in [6.07, 6.45) is 3.80. The molecule has 1 saturated carbocycles. The Morgan fingerprint density at radius 3 is 2.48 bits per heavy atom. The monoisotopic (exact) mass is 333 g/mol. The van der Waals surface area contributed by atoms with Gasteiger partial charge in [-0.3, -0.25) is 0 Å². The molecular formula is C17H23N3O2S. The van der Waals surface area contributed by atoms with E-state index in [1.54, 1.807) is 15.1 Å². The second kappa shape index (κ2) is 6.09. The topological polar surface area (TPSA) is 55.2 Å². The summed E-state index contributed by atoms with van der Waals surface area (Å²) in [5, 5.41) is 0.140. The minimum absolute atomic E-state index is 0.0116. The third kappa shape index (κ3) is 3.33. The van der Waals surface area contributed by atoms with Crippen LogP contribution in [0.1, 0.15) is 31.2 Å². The van der Waals surface area contributed by atoms with Gasteiger partial charge in [0.05, 0.1) is 0 Å². The Bertz CT molecular complexity index is 760. The van der Waals surface area contributed by atoms with E-state index in [1.165, 1.54) is 0 Å². The fourth-order valence-electron chi connectivity index (χ4n) is 2.80. The molecule has 1 aliphatic rings. The highest BCUT2D eigenvalue weighted by Gasteiger charge is 2.39. The first-order valence-corrected chi connectivity index (χ1v) is 9.39. The summed E-state index contributed by atoms with van der Waals surface area (Å²) in [5.41, 5.74) is 0.997. The van der Waals surface area contributed by atoms with Gasteiger partial charge in [0.1, 0.15) is 5.82 Å². The van der Waals surface area contributed by atoms with Crippen LogP contribution < -0.4 is 0 Å². The molecule has 0 unspecified atom stereocenters. The van der Waals surface area contributed by atoms with Crippen molar-refractivity contribution < 1.29 is 8.42 Å². The Balaban J connectivity index is 1.96. The van der Waals surface area contributed by atoms with Crippen LogP contribution in [0.2, 0.25) is 0 Å². The van der Waals surface area contributed by atoms with Crippen molar-refractivity contribution in [3.05, 3.63) is 47.9 Å². The van der Waals surface area contributed by atoms with E-state index in [0.29, 0.717) is 18.3 Å². The van der Waals surface area contributed by atoms with Crippen molar-refractivity contribution in [3.8, 4) is 0 Å². The maximum absolute atomic E-state index is 13.1. The van der Waals surface area contributed by atoms with Crippen molar-refractivity contribution in [2.75, 3.05) is 0 Å². The zero-order valence-electron chi connectivity index (χ0n) is 13.8. The van der Waals surface area contributed by atoms with Gasteiger partial charge in [-0.25, -0.2) is 13.4 Å². The minimum atomic E-state index is -3.60. The maximum Gasteiger partial charge on any atom is 0.262 e.